The van der Waals surface area contributed by atoms with E-state index in [1.807, 2.05) is 0 Å². The van der Waals surface area contributed by atoms with Gasteiger partial charge in [0.2, 0.25) is 0 Å². The average molecular weight is 223 g/mol. The molecule has 0 bridgehead atoms. The van der Waals surface area contributed by atoms with Gasteiger partial charge in [0.25, 0.3) is 0 Å². The standard InChI is InChI=1S/C13H21NO2/c15-12-3-1-11(2-4-12)14-9-13(10-14)5-7-16-8-6-13/h11H,1-10H2. The van der Waals surface area contributed by atoms with Gasteiger partial charge in [-0.05, 0) is 25.7 Å². The van der Waals surface area contributed by atoms with E-state index in [1.54, 1.807) is 0 Å². The molecular formula is C13H21NO2. The summed E-state index contributed by atoms with van der Waals surface area (Å²) in [7, 11) is 0. The fourth-order valence-corrected chi connectivity index (χ4v) is 3.48. The van der Waals surface area contributed by atoms with E-state index in [1.165, 1.54) is 25.9 Å². The summed E-state index contributed by atoms with van der Waals surface area (Å²) < 4.78 is 5.43. The van der Waals surface area contributed by atoms with E-state index in [0.717, 1.165) is 38.9 Å². The third kappa shape index (κ3) is 1.91. The molecule has 90 valence electrons. The average Bonchev–Trinajstić information content (AvgIpc) is 2.28. The molecule has 0 atom stereocenters. The maximum Gasteiger partial charge on any atom is 0.133 e. The molecule has 0 aromatic rings. The van der Waals surface area contributed by atoms with E-state index in [0.29, 0.717) is 17.2 Å². The topological polar surface area (TPSA) is 29.5 Å². The van der Waals surface area contributed by atoms with Gasteiger partial charge in [-0.2, -0.15) is 0 Å². The van der Waals surface area contributed by atoms with Crippen molar-refractivity contribution in [3.63, 3.8) is 0 Å². The lowest BCUT2D eigenvalue weighted by Gasteiger charge is -2.55. The summed E-state index contributed by atoms with van der Waals surface area (Å²) in [4.78, 5) is 13.8. The van der Waals surface area contributed by atoms with Gasteiger partial charge in [0, 0.05) is 50.6 Å². The molecular weight excluding hydrogens is 202 g/mol. The summed E-state index contributed by atoms with van der Waals surface area (Å²) in [6.07, 6.45) is 6.33. The van der Waals surface area contributed by atoms with Crippen LogP contribution in [0, 0.1) is 5.41 Å². The van der Waals surface area contributed by atoms with Crippen LogP contribution in [0.1, 0.15) is 38.5 Å². The van der Waals surface area contributed by atoms with Gasteiger partial charge in [-0.3, -0.25) is 9.69 Å². The first kappa shape index (κ1) is 10.7. The summed E-state index contributed by atoms with van der Waals surface area (Å²) in [5.74, 6) is 0.470. The second kappa shape index (κ2) is 4.11. The fraction of sp³-hybridized carbons (Fsp3) is 0.923. The smallest absolute Gasteiger partial charge is 0.133 e. The number of carbonyl (C=O) groups is 1. The lowest BCUT2D eigenvalue weighted by molar-refractivity contribution is -0.126. The maximum atomic E-state index is 11.2. The first-order valence-electron chi connectivity index (χ1n) is 6.61. The first-order chi connectivity index (χ1) is 7.77. The molecule has 0 unspecified atom stereocenters. The Morgan fingerprint density at radius 2 is 1.75 bits per heavy atom. The molecule has 16 heavy (non-hydrogen) atoms. The largest absolute Gasteiger partial charge is 0.381 e. The normalized spacial score (nSPS) is 31.6. The van der Waals surface area contributed by atoms with Crippen LogP contribution in [0.2, 0.25) is 0 Å². The molecule has 3 rings (SSSR count). The molecule has 0 aromatic carbocycles. The highest BCUT2D eigenvalue weighted by Crippen LogP contribution is 2.42. The summed E-state index contributed by atoms with van der Waals surface area (Å²) in [6.45, 7) is 4.43. The van der Waals surface area contributed by atoms with E-state index in [2.05, 4.69) is 4.90 Å². The fourth-order valence-electron chi connectivity index (χ4n) is 3.48. The molecule has 0 amide bonds. The number of ether oxygens (including phenoxy) is 1. The quantitative estimate of drug-likeness (QED) is 0.676. The molecule has 3 nitrogen and oxygen atoms in total. The van der Waals surface area contributed by atoms with Gasteiger partial charge >= 0.3 is 0 Å². The van der Waals surface area contributed by atoms with Crippen molar-refractivity contribution in [2.24, 2.45) is 5.41 Å². The Balaban J connectivity index is 1.51. The second-order valence-corrected chi connectivity index (χ2v) is 5.79. The molecule has 2 aliphatic heterocycles. The van der Waals surface area contributed by atoms with Gasteiger partial charge < -0.3 is 4.74 Å². The number of ketones is 1. The molecule has 1 saturated carbocycles. The predicted molar refractivity (Wildman–Crippen MR) is 61.3 cm³/mol. The van der Waals surface area contributed by atoms with E-state index in [-0.39, 0.29) is 0 Å². The van der Waals surface area contributed by atoms with Crippen molar-refractivity contribution in [3.8, 4) is 0 Å². The number of likely N-dealkylation sites (tertiary alicyclic amines) is 1. The Morgan fingerprint density at radius 1 is 1.12 bits per heavy atom. The van der Waals surface area contributed by atoms with Crippen molar-refractivity contribution >= 4 is 5.78 Å². The van der Waals surface area contributed by atoms with E-state index >= 15 is 0 Å². The highest BCUT2D eigenvalue weighted by atomic mass is 16.5. The van der Waals surface area contributed by atoms with Gasteiger partial charge in [-0.1, -0.05) is 0 Å². The van der Waals surface area contributed by atoms with Crippen molar-refractivity contribution in [2.45, 2.75) is 44.6 Å². The molecule has 3 fully saturated rings. The monoisotopic (exact) mass is 223 g/mol. The van der Waals surface area contributed by atoms with E-state index in [4.69, 9.17) is 4.74 Å². The number of hydrogen-bond acceptors (Lipinski definition) is 3. The zero-order chi connectivity index (χ0) is 11.0. The predicted octanol–water partition coefficient (Wildman–Crippen LogP) is 1.61. The summed E-state index contributed by atoms with van der Waals surface area (Å²) in [6, 6.07) is 0.700. The molecule has 3 aliphatic rings. The van der Waals surface area contributed by atoms with Gasteiger partial charge in [0.1, 0.15) is 5.78 Å². The van der Waals surface area contributed by atoms with Crippen molar-refractivity contribution in [1.82, 2.24) is 4.90 Å². The van der Waals surface area contributed by atoms with Crippen LogP contribution in [0.15, 0.2) is 0 Å². The zero-order valence-electron chi connectivity index (χ0n) is 9.91. The second-order valence-electron chi connectivity index (χ2n) is 5.79. The van der Waals surface area contributed by atoms with Crippen LogP contribution in [-0.2, 0) is 9.53 Å². The Bertz CT molecular complexity index is 266. The summed E-state index contributed by atoms with van der Waals surface area (Å²) >= 11 is 0. The maximum absolute atomic E-state index is 11.2. The molecule has 1 aliphatic carbocycles. The number of hydrogen-bond donors (Lipinski definition) is 0. The van der Waals surface area contributed by atoms with Crippen molar-refractivity contribution in [2.75, 3.05) is 26.3 Å². The molecule has 3 heteroatoms. The van der Waals surface area contributed by atoms with Crippen LogP contribution in [-0.4, -0.2) is 43.0 Å². The number of nitrogens with zero attached hydrogens (tertiary/aromatic N) is 1. The van der Waals surface area contributed by atoms with Gasteiger partial charge in [-0.15, -0.1) is 0 Å². The Kier molecular flexibility index (Phi) is 2.76. The van der Waals surface area contributed by atoms with Crippen LogP contribution < -0.4 is 0 Å². The third-order valence-corrected chi connectivity index (χ3v) is 4.66. The highest BCUT2D eigenvalue weighted by Gasteiger charge is 2.46. The number of Topliss-reactive ketones (excluding diaryl/α,β-unsaturated/α-hetero) is 1. The Labute approximate surface area is 97.1 Å². The van der Waals surface area contributed by atoms with E-state index in [9.17, 15) is 4.79 Å². The van der Waals surface area contributed by atoms with Crippen LogP contribution in [0.5, 0.6) is 0 Å². The minimum atomic E-state index is 0.470. The lowest BCUT2D eigenvalue weighted by Crippen LogP contribution is -2.61. The van der Waals surface area contributed by atoms with Crippen molar-refractivity contribution < 1.29 is 9.53 Å². The molecule has 0 N–H and O–H groups in total. The van der Waals surface area contributed by atoms with Crippen LogP contribution in [0.25, 0.3) is 0 Å². The van der Waals surface area contributed by atoms with Crippen LogP contribution >= 0.6 is 0 Å². The van der Waals surface area contributed by atoms with E-state index < -0.39 is 0 Å². The van der Waals surface area contributed by atoms with Gasteiger partial charge in [0.05, 0.1) is 0 Å². The molecule has 0 aromatic heterocycles. The molecule has 2 saturated heterocycles. The summed E-state index contributed by atoms with van der Waals surface area (Å²) in [5.41, 5.74) is 0.583. The SMILES string of the molecule is O=C1CCC(N2CC3(CCOCC3)C2)CC1. The molecule has 2 heterocycles. The zero-order valence-corrected chi connectivity index (χ0v) is 9.91. The van der Waals surface area contributed by atoms with Crippen LogP contribution in [0.4, 0.5) is 0 Å². The number of carbonyl (C=O) groups excluding carboxylic acids is 1. The molecule has 0 radical (unpaired) electrons. The highest BCUT2D eigenvalue weighted by molar-refractivity contribution is 5.79. The van der Waals surface area contributed by atoms with Crippen molar-refractivity contribution in [3.05, 3.63) is 0 Å². The lowest BCUT2D eigenvalue weighted by atomic mass is 9.72. The van der Waals surface area contributed by atoms with Gasteiger partial charge in [0.15, 0.2) is 0 Å². The van der Waals surface area contributed by atoms with Crippen molar-refractivity contribution in [1.29, 1.82) is 0 Å². The summed E-state index contributed by atoms with van der Waals surface area (Å²) in [5, 5.41) is 0. The minimum absolute atomic E-state index is 0.470. The number of rotatable bonds is 1. The van der Waals surface area contributed by atoms with Gasteiger partial charge in [-0.25, -0.2) is 0 Å². The third-order valence-electron chi connectivity index (χ3n) is 4.66. The Morgan fingerprint density at radius 3 is 2.38 bits per heavy atom. The Hall–Kier alpha value is -0.410. The van der Waals surface area contributed by atoms with Crippen LogP contribution in [0.3, 0.4) is 0 Å². The minimum Gasteiger partial charge on any atom is -0.381 e. The molecule has 1 spiro atoms. The first-order valence-corrected chi connectivity index (χ1v) is 6.61.